The van der Waals surface area contributed by atoms with Gasteiger partial charge >= 0.3 is 0 Å². The highest BCUT2D eigenvalue weighted by Gasteiger charge is 2.38. The molecule has 1 unspecified atom stereocenters. The van der Waals surface area contributed by atoms with Crippen LogP contribution in [0.1, 0.15) is 35.5 Å². The molecule has 0 bridgehead atoms. The van der Waals surface area contributed by atoms with Crippen molar-refractivity contribution >= 4 is 40.7 Å². The van der Waals surface area contributed by atoms with E-state index in [1.54, 1.807) is 13.0 Å². The third-order valence-corrected chi connectivity index (χ3v) is 5.30. The lowest BCUT2D eigenvalue weighted by molar-refractivity contribution is -0.125. The van der Waals surface area contributed by atoms with Crippen LogP contribution in [-0.4, -0.2) is 40.5 Å². The van der Waals surface area contributed by atoms with Crippen LogP contribution in [0.5, 0.6) is 0 Å². The second-order valence-corrected chi connectivity index (χ2v) is 7.83. The van der Waals surface area contributed by atoms with Crippen molar-refractivity contribution in [2.45, 2.75) is 25.8 Å². The fourth-order valence-electron chi connectivity index (χ4n) is 3.34. The van der Waals surface area contributed by atoms with Crippen molar-refractivity contribution in [3.05, 3.63) is 63.1 Å². The summed E-state index contributed by atoms with van der Waals surface area (Å²) < 4.78 is 14.7. The number of carbonyl (C=O) groups excluding carboxylic acids is 2. The van der Waals surface area contributed by atoms with Crippen LogP contribution in [0.3, 0.4) is 0 Å². The highest BCUT2D eigenvalue weighted by Crippen LogP contribution is 2.32. The molecule has 0 saturated heterocycles. The Morgan fingerprint density at radius 3 is 2.72 bits per heavy atom. The number of carbonyl (C=O) groups is 2. The van der Waals surface area contributed by atoms with Crippen LogP contribution < -0.4 is 5.73 Å². The zero-order chi connectivity index (χ0) is 21.3. The largest absolute Gasteiger partial charge is 0.379 e. The number of nitrogens with zero attached hydrogens (tertiary/aromatic N) is 3. The first kappa shape index (κ1) is 21.2. The third kappa shape index (κ3) is 4.26. The normalized spacial score (nSPS) is 19.3. The van der Waals surface area contributed by atoms with E-state index in [-0.39, 0.29) is 46.8 Å². The second kappa shape index (κ2) is 8.08. The Labute approximate surface area is 177 Å². The molecular weight excluding hydrogens is 418 g/mol. The maximum atomic E-state index is 14.7. The van der Waals surface area contributed by atoms with Crippen molar-refractivity contribution < 1.29 is 14.0 Å². The molecule has 6 nitrogen and oxygen atoms in total. The number of rotatable bonds is 5. The number of aromatic nitrogens is 1. The van der Waals surface area contributed by atoms with E-state index in [0.717, 1.165) is 0 Å². The van der Waals surface area contributed by atoms with Crippen molar-refractivity contribution in [3.63, 3.8) is 0 Å². The Morgan fingerprint density at radius 1 is 1.34 bits per heavy atom. The molecule has 0 spiro atoms. The first-order chi connectivity index (χ1) is 13.6. The van der Waals surface area contributed by atoms with Gasteiger partial charge in [-0.25, -0.2) is 9.37 Å². The zero-order valence-corrected chi connectivity index (χ0v) is 17.4. The van der Waals surface area contributed by atoms with E-state index in [1.165, 1.54) is 29.3 Å². The van der Waals surface area contributed by atoms with Crippen LogP contribution in [0, 0.1) is 5.82 Å². The predicted molar refractivity (Wildman–Crippen MR) is 110 cm³/mol. The van der Waals surface area contributed by atoms with Crippen molar-refractivity contribution in [3.8, 4) is 0 Å². The van der Waals surface area contributed by atoms with E-state index in [4.69, 9.17) is 28.9 Å². The van der Waals surface area contributed by atoms with Crippen molar-refractivity contribution in [1.82, 2.24) is 9.88 Å². The molecule has 3 rings (SSSR count). The lowest BCUT2D eigenvalue weighted by Crippen LogP contribution is -2.52. The fraction of sp³-hybridized carbons (Fsp3) is 0.300. The van der Waals surface area contributed by atoms with E-state index >= 15 is 0 Å². The number of likely N-dealkylation sites (N-methyl/N-ethyl adjacent to an activating group) is 1. The van der Waals surface area contributed by atoms with Crippen LogP contribution in [-0.2, 0) is 16.8 Å². The van der Waals surface area contributed by atoms with E-state index in [0.29, 0.717) is 17.1 Å². The van der Waals surface area contributed by atoms with Crippen LogP contribution in [0.15, 0.2) is 35.5 Å². The van der Waals surface area contributed by atoms with Gasteiger partial charge in [-0.2, -0.15) is 0 Å². The molecule has 29 heavy (non-hydrogen) atoms. The molecule has 0 fully saturated rings. The molecule has 1 atom stereocenters. The summed E-state index contributed by atoms with van der Waals surface area (Å²) in [5, 5.41) is 0.477. The standard InChI is InChI=1S/C20H19Cl2FN4O2/c1-3-27-10-20(2,26-18(24)19(27)29)13-6-11(4-5-15(13)23)7-16(28)17-14(22)8-12(21)9-25-17/h4-6,8-9H,3,7,10H2,1-2H3,(H2,24,26). The maximum Gasteiger partial charge on any atom is 0.288 e. The fourth-order valence-corrected chi connectivity index (χ4v) is 3.82. The summed E-state index contributed by atoms with van der Waals surface area (Å²) in [6.45, 7) is 4.12. The minimum atomic E-state index is -1.06. The zero-order valence-electron chi connectivity index (χ0n) is 15.9. The van der Waals surface area contributed by atoms with Gasteiger partial charge in [0.05, 0.1) is 16.6 Å². The molecular formula is C20H19Cl2FN4O2. The van der Waals surface area contributed by atoms with E-state index < -0.39 is 11.4 Å². The molecule has 2 N–H and O–H groups in total. The van der Waals surface area contributed by atoms with Crippen LogP contribution in [0.2, 0.25) is 10.0 Å². The Balaban J connectivity index is 1.94. The molecule has 1 aromatic heterocycles. The maximum absolute atomic E-state index is 14.7. The van der Waals surface area contributed by atoms with Crippen LogP contribution >= 0.6 is 23.2 Å². The summed E-state index contributed by atoms with van der Waals surface area (Å²) in [5.41, 5.74) is 5.63. The Morgan fingerprint density at radius 2 is 2.07 bits per heavy atom. The van der Waals surface area contributed by atoms with Gasteiger partial charge in [0.2, 0.25) is 0 Å². The average Bonchev–Trinajstić information content (AvgIpc) is 2.66. The Hall–Kier alpha value is -2.51. The molecule has 1 aliphatic rings. The number of amides is 1. The highest BCUT2D eigenvalue weighted by atomic mass is 35.5. The molecule has 1 amide bonds. The van der Waals surface area contributed by atoms with E-state index in [2.05, 4.69) is 9.98 Å². The number of ketones is 1. The quantitative estimate of drug-likeness (QED) is 0.727. The minimum Gasteiger partial charge on any atom is -0.379 e. The van der Waals surface area contributed by atoms with Gasteiger partial charge in [0, 0.05) is 24.7 Å². The second-order valence-electron chi connectivity index (χ2n) is 6.99. The average molecular weight is 437 g/mol. The molecule has 2 heterocycles. The van der Waals surface area contributed by atoms with Gasteiger partial charge in [0.1, 0.15) is 17.1 Å². The Kier molecular flexibility index (Phi) is 5.91. The first-order valence-corrected chi connectivity index (χ1v) is 9.68. The van der Waals surface area contributed by atoms with Gasteiger partial charge in [-0.3, -0.25) is 14.6 Å². The summed E-state index contributed by atoms with van der Waals surface area (Å²) in [4.78, 5) is 34.5. The molecule has 1 aliphatic heterocycles. The highest BCUT2D eigenvalue weighted by molar-refractivity contribution is 6.37. The molecule has 152 valence electrons. The van der Waals surface area contributed by atoms with Crippen molar-refractivity contribution in [2.24, 2.45) is 10.7 Å². The monoisotopic (exact) mass is 436 g/mol. The summed E-state index contributed by atoms with van der Waals surface area (Å²) in [7, 11) is 0. The lowest BCUT2D eigenvalue weighted by Gasteiger charge is -2.37. The number of amidine groups is 1. The van der Waals surface area contributed by atoms with Crippen LogP contribution in [0.4, 0.5) is 4.39 Å². The summed E-state index contributed by atoms with van der Waals surface area (Å²) in [5.74, 6) is -1.36. The first-order valence-electron chi connectivity index (χ1n) is 8.92. The SMILES string of the molecule is CCN1CC(C)(c2cc(CC(=O)c3ncc(Cl)cc3Cl)ccc2F)N=C(N)C1=O. The predicted octanol–water partition coefficient (Wildman–Crippen LogP) is 3.39. The number of aliphatic imine (C=N–C) groups is 1. The van der Waals surface area contributed by atoms with E-state index in [1.807, 2.05) is 6.92 Å². The number of Topliss-reactive ketones (excluding diaryl/α,β-unsaturated/α-hetero) is 1. The van der Waals surface area contributed by atoms with Crippen molar-refractivity contribution in [2.75, 3.05) is 13.1 Å². The minimum absolute atomic E-state index is 0.0344. The van der Waals surface area contributed by atoms with Gasteiger partial charge in [-0.05, 0) is 37.6 Å². The molecule has 0 radical (unpaired) electrons. The number of nitrogens with two attached hydrogens (primary N) is 1. The number of benzene rings is 1. The summed E-state index contributed by atoms with van der Waals surface area (Å²) in [6, 6.07) is 5.80. The topological polar surface area (TPSA) is 88.7 Å². The van der Waals surface area contributed by atoms with Gasteiger partial charge in [-0.15, -0.1) is 0 Å². The molecule has 9 heteroatoms. The summed E-state index contributed by atoms with van der Waals surface area (Å²) in [6.07, 6.45) is 1.31. The van der Waals surface area contributed by atoms with E-state index in [9.17, 15) is 14.0 Å². The number of pyridine rings is 1. The number of hydrogen-bond donors (Lipinski definition) is 1. The van der Waals surface area contributed by atoms with Crippen molar-refractivity contribution in [1.29, 1.82) is 0 Å². The Bertz CT molecular complexity index is 1030. The van der Waals surface area contributed by atoms with Gasteiger partial charge in [0.15, 0.2) is 11.6 Å². The number of hydrogen-bond acceptors (Lipinski definition) is 5. The lowest BCUT2D eigenvalue weighted by atomic mass is 9.88. The molecule has 0 aliphatic carbocycles. The summed E-state index contributed by atoms with van der Waals surface area (Å²) >= 11 is 11.9. The van der Waals surface area contributed by atoms with Crippen LogP contribution in [0.25, 0.3) is 0 Å². The molecule has 2 aromatic rings. The molecule has 1 aromatic carbocycles. The van der Waals surface area contributed by atoms with Gasteiger partial charge < -0.3 is 10.6 Å². The molecule has 0 saturated carbocycles. The smallest absolute Gasteiger partial charge is 0.288 e. The van der Waals surface area contributed by atoms with Gasteiger partial charge in [-0.1, -0.05) is 29.3 Å². The number of halogens is 3. The third-order valence-electron chi connectivity index (χ3n) is 4.80. The van der Waals surface area contributed by atoms with Gasteiger partial charge in [0.25, 0.3) is 5.91 Å².